The lowest BCUT2D eigenvalue weighted by atomic mass is 9.63. The van der Waals surface area contributed by atoms with Crippen molar-refractivity contribution in [2.75, 3.05) is 6.61 Å². The SMILES string of the molecule is CC12CCC1C(=O)OC2. The zero-order valence-corrected chi connectivity index (χ0v) is 5.52. The molecule has 1 saturated carbocycles. The second-order valence-corrected chi connectivity index (χ2v) is 3.35. The molecule has 9 heavy (non-hydrogen) atoms. The van der Waals surface area contributed by atoms with Crippen molar-refractivity contribution in [3.63, 3.8) is 0 Å². The molecule has 1 aliphatic carbocycles. The van der Waals surface area contributed by atoms with Gasteiger partial charge in [0.25, 0.3) is 0 Å². The van der Waals surface area contributed by atoms with Crippen molar-refractivity contribution >= 4 is 5.97 Å². The summed E-state index contributed by atoms with van der Waals surface area (Å²) < 4.78 is 4.90. The van der Waals surface area contributed by atoms with Gasteiger partial charge in [0.15, 0.2) is 0 Å². The maximum atomic E-state index is 10.8. The van der Waals surface area contributed by atoms with Crippen molar-refractivity contribution < 1.29 is 9.53 Å². The van der Waals surface area contributed by atoms with Gasteiger partial charge in [-0.2, -0.15) is 0 Å². The van der Waals surface area contributed by atoms with E-state index in [4.69, 9.17) is 4.74 Å². The first-order chi connectivity index (χ1) is 4.22. The molecule has 0 amide bonds. The summed E-state index contributed by atoms with van der Waals surface area (Å²) in [5.41, 5.74) is 0.233. The summed E-state index contributed by atoms with van der Waals surface area (Å²) in [4.78, 5) is 10.8. The molecule has 0 aromatic heterocycles. The fourth-order valence-electron chi connectivity index (χ4n) is 1.69. The quantitative estimate of drug-likeness (QED) is 0.452. The molecule has 50 valence electrons. The van der Waals surface area contributed by atoms with Crippen LogP contribution in [-0.4, -0.2) is 12.6 Å². The number of hydrogen-bond acceptors (Lipinski definition) is 2. The highest BCUT2D eigenvalue weighted by Gasteiger charge is 2.53. The molecule has 0 bridgehead atoms. The van der Waals surface area contributed by atoms with Crippen LogP contribution in [0.15, 0.2) is 0 Å². The number of rotatable bonds is 0. The van der Waals surface area contributed by atoms with Crippen LogP contribution in [0, 0.1) is 11.3 Å². The van der Waals surface area contributed by atoms with Crippen LogP contribution in [0.5, 0.6) is 0 Å². The highest BCUT2D eigenvalue weighted by molar-refractivity contribution is 5.76. The van der Waals surface area contributed by atoms with Crippen molar-refractivity contribution in [3.8, 4) is 0 Å². The lowest BCUT2D eigenvalue weighted by Crippen LogP contribution is -2.37. The minimum Gasteiger partial charge on any atom is -0.465 e. The second kappa shape index (κ2) is 1.31. The number of carbonyl (C=O) groups is 1. The van der Waals surface area contributed by atoms with Crippen LogP contribution in [0.3, 0.4) is 0 Å². The zero-order chi connectivity index (χ0) is 6.48. The third-order valence-electron chi connectivity index (χ3n) is 2.67. The fourth-order valence-corrected chi connectivity index (χ4v) is 1.69. The van der Waals surface area contributed by atoms with Crippen LogP contribution < -0.4 is 0 Å². The van der Waals surface area contributed by atoms with Gasteiger partial charge in [-0.3, -0.25) is 4.79 Å². The number of hydrogen-bond donors (Lipinski definition) is 0. The summed E-state index contributed by atoms with van der Waals surface area (Å²) >= 11 is 0. The number of esters is 1. The van der Waals surface area contributed by atoms with Crippen molar-refractivity contribution in [2.45, 2.75) is 19.8 Å². The van der Waals surface area contributed by atoms with Crippen molar-refractivity contribution in [2.24, 2.45) is 11.3 Å². The van der Waals surface area contributed by atoms with E-state index in [0.29, 0.717) is 6.61 Å². The Kier molecular flexibility index (Phi) is 0.765. The number of ether oxygens (including phenoxy) is 1. The molecule has 1 saturated heterocycles. The van der Waals surface area contributed by atoms with Crippen LogP contribution in [-0.2, 0) is 9.53 Å². The summed E-state index contributed by atoms with van der Waals surface area (Å²) in [6, 6.07) is 0. The summed E-state index contributed by atoms with van der Waals surface area (Å²) in [7, 11) is 0. The summed E-state index contributed by atoms with van der Waals surface area (Å²) in [5.74, 6) is 0.279. The topological polar surface area (TPSA) is 26.3 Å². The second-order valence-electron chi connectivity index (χ2n) is 3.35. The van der Waals surface area contributed by atoms with E-state index in [9.17, 15) is 4.79 Å². The maximum absolute atomic E-state index is 10.8. The normalized spacial score (nSPS) is 47.7. The Bertz CT molecular complexity index is 164. The molecule has 1 heterocycles. The Hall–Kier alpha value is -0.530. The smallest absolute Gasteiger partial charge is 0.309 e. The molecule has 2 rings (SSSR count). The molecular weight excluding hydrogens is 116 g/mol. The van der Waals surface area contributed by atoms with Gasteiger partial charge in [0.05, 0.1) is 12.5 Å². The summed E-state index contributed by atoms with van der Waals surface area (Å²) in [5, 5.41) is 0. The Morgan fingerprint density at radius 2 is 2.56 bits per heavy atom. The van der Waals surface area contributed by atoms with E-state index >= 15 is 0 Å². The minimum absolute atomic E-state index is 0.0313. The molecule has 2 aliphatic rings. The molecule has 2 unspecified atom stereocenters. The molecule has 0 aromatic rings. The van der Waals surface area contributed by atoms with E-state index in [2.05, 4.69) is 6.92 Å². The molecule has 0 N–H and O–H groups in total. The Labute approximate surface area is 54.2 Å². The predicted octanol–water partition coefficient (Wildman–Crippen LogP) is 0.960. The number of fused-ring (bicyclic) bond motifs is 1. The summed E-state index contributed by atoms with van der Waals surface area (Å²) in [6.07, 6.45) is 2.22. The first kappa shape index (κ1) is 5.27. The van der Waals surface area contributed by atoms with Crippen LogP contribution in [0.2, 0.25) is 0 Å². The van der Waals surface area contributed by atoms with E-state index in [1.54, 1.807) is 0 Å². The van der Waals surface area contributed by atoms with E-state index < -0.39 is 0 Å². The molecule has 2 nitrogen and oxygen atoms in total. The van der Waals surface area contributed by atoms with Gasteiger partial charge in [-0.1, -0.05) is 6.92 Å². The average molecular weight is 126 g/mol. The van der Waals surface area contributed by atoms with E-state index in [0.717, 1.165) is 6.42 Å². The standard InChI is InChI=1S/C7H10O2/c1-7-3-2-5(7)6(8)9-4-7/h5H,2-4H2,1H3. The molecule has 0 aromatic carbocycles. The largest absolute Gasteiger partial charge is 0.465 e. The Morgan fingerprint density at radius 3 is 2.78 bits per heavy atom. The summed E-state index contributed by atoms with van der Waals surface area (Å²) in [6.45, 7) is 2.79. The fraction of sp³-hybridized carbons (Fsp3) is 0.857. The highest BCUT2D eigenvalue weighted by atomic mass is 16.5. The molecule has 2 heteroatoms. The van der Waals surface area contributed by atoms with Crippen LogP contribution in [0.1, 0.15) is 19.8 Å². The van der Waals surface area contributed by atoms with Gasteiger partial charge in [0.1, 0.15) is 0 Å². The Morgan fingerprint density at radius 1 is 1.78 bits per heavy atom. The number of cyclic esters (lactones) is 1. The van der Waals surface area contributed by atoms with E-state index in [1.807, 2.05) is 0 Å². The van der Waals surface area contributed by atoms with Crippen LogP contribution in [0.25, 0.3) is 0 Å². The van der Waals surface area contributed by atoms with Gasteiger partial charge < -0.3 is 4.74 Å². The molecule has 0 spiro atoms. The van der Waals surface area contributed by atoms with Gasteiger partial charge in [0, 0.05) is 5.41 Å². The lowest BCUT2D eigenvalue weighted by molar-refractivity contribution is -0.142. The zero-order valence-electron chi connectivity index (χ0n) is 5.52. The highest BCUT2D eigenvalue weighted by Crippen LogP contribution is 2.50. The first-order valence-electron chi connectivity index (χ1n) is 3.39. The monoisotopic (exact) mass is 126 g/mol. The molecule has 0 radical (unpaired) electrons. The molecule has 1 aliphatic heterocycles. The van der Waals surface area contributed by atoms with Crippen LogP contribution >= 0.6 is 0 Å². The molecule has 2 atom stereocenters. The van der Waals surface area contributed by atoms with Crippen molar-refractivity contribution in [3.05, 3.63) is 0 Å². The van der Waals surface area contributed by atoms with E-state index in [-0.39, 0.29) is 17.3 Å². The van der Waals surface area contributed by atoms with E-state index in [1.165, 1.54) is 6.42 Å². The van der Waals surface area contributed by atoms with Crippen LogP contribution in [0.4, 0.5) is 0 Å². The lowest BCUT2D eigenvalue weighted by Gasteiger charge is -2.36. The minimum atomic E-state index is 0.0313. The average Bonchev–Trinajstić information content (AvgIpc) is 1.93. The third kappa shape index (κ3) is 0.485. The molecule has 2 fully saturated rings. The molecular formula is C7H10O2. The van der Waals surface area contributed by atoms with Crippen molar-refractivity contribution in [1.29, 1.82) is 0 Å². The van der Waals surface area contributed by atoms with Crippen molar-refractivity contribution in [1.82, 2.24) is 0 Å². The maximum Gasteiger partial charge on any atom is 0.309 e. The third-order valence-corrected chi connectivity index (χ3v) is 2.67. The first-order valence-corrected chi connectivity index (χ1v) is 3.39. The predicted molar refractivity (Wildman–Crippen MR) is 31.8 cm³/mol. The van der Waals surface area contributed by atoms with Gasteiger partial charge in [0.2, 0.25) is 0 Å². The van der Waals surface area contributed by atoms with Gasteiger partial charge in [-0.25, -0.2) is 0 Å². The van der Waals surface area contributed by atoms with Gasteiger partial charge >= 0.3 is 5.97 Å². The van der Waals surface area contributed by atoms with Gasteiger partial charge in [-0.15, -0.1) is 0 Å². The Balaban J connectivity index is 2.24. The number of carbonyl (C=O) groups excluding carboxylic acids is 1. The van der Waals surface area contributed by atoms with Gasteiger partial charge in [-0.05, 0) is 12.8 Å².